The van der Waals surface area contributed by atoms with Gasteiger partial charge in [-0.2, -0.15) is 0 Å². The summed E-state index contributed by atoms with van der Waals surface area (Å²) >= 11 is 4.76. The van der Waals surface area contributed by atoms with E-state index in [1.165, 1.54) is 11.3 Å². The highest BCUT2D eigenvalue weighted by molar-refractivity contribution is 9.11. The Morgan fingerprint density at radius 2 is 2.18 bits per heavy atom. The first-order chi connectivity index (χ1) is 10.2. The molecule has 7 heteroatoms. The predicted molar refractivity (Wildman–Crippen MR) is 90.3 cm³/mol. The van der Waals surface area contributed by atoms with E-state index in [-0.39, 0.29) is 17.9 Å². The molecule has 1 aliphatic heterocycles. The Bertz CT molecular complexity index is 553. The van der Waals surface area contributed by atoms with Crippen molar-refractivity contribution in [1.29, 1.82) is 0 Å². The molecule has 1 aromatic rings. The number of rotatable bonds is 3. The smallest absolute Gasteiger partial charge is 0.410 e. The minimum atomic E-state index is -0.476. The van der Waals surface area contributed by atoms with Gasteiger partial charge < -0.3 is 15.0 Å². The van der Waals surface area contributed by atoms with Crippen LogP contribution in [0.2, 0.25) is 0 Å². The van der Waals surface area contributed by atoms with Gasteiger partial charge in [0.05, 0.1) is 8.66 Å². The van der Waals surface area contributed by atoms with Gasteiger partial charge in [-0.1, -0.05) is 0 Å². The molecule has 0 bridgehead atoms. The summed E-state index contributed by atoms with van der Waals surface area (Å²) in [6.45, 7) is 7.46. The van der Waals surface area contributed by atoms with Crippen LogP contribution in [-0.2, 0) is 4.74 Å². The van der Waals surface area contributed by atoms with Gasteiger partial charge in [0.2, 0.25) is 0 Å². The second kappa shape index (κ2) is 7.00. The van der Waals surface area contributed by atoms with E-state index >= 15 is 0 Å². The summed E-state index contributed by atoms with van der Waals surface area (Å²) < 4.78 is 6.30. The lowest BCUT2D eigenvalue weighted by Gasteiger charge is -2.24. The first kappa shape index (κ1) is 17.3. The van der Waals surface area contributed by atoms with Gasteiger partial charge in [-0.15, -0.1) is 11.3 Å². The Morgan fingerprint density at radius 1 is 1.45 bits per heavy atom. The maximum Gasteiger partial charge on any atom is 0.410 e. The molecule has 1 fully saturated rings. The van der Waals surface area contributed by atoms with Crippen LogP contribution in [-0.4, -0.2) is 42.1 Å². The van der Waals surface area contributed by atoms with Gasteiger partial charge >= 0.3 is 6.09 Å². The van der Waals surface area contributed by atoms with Crippen molar-refractivity contribution >= 4 is 39.3 Å². The minimum Gasteiger partial charge on any atom is -0.444 e. The number of amides is 2. The number of ether oxygens (including phenoxy) is 1. The summed E-state index contributed by atoms with van der Waals surface area (Å²) in [6, 6.07) is 3.66. The summed E-state index contributed by atoms with van der Waals surface area (Å²) in [5.74, 6) is 0.214. The van der Waals surface area contributed by atoms with Gasteiger partial charge in [-0.3, -0.25) is 4.79 Å². The zero-order valence-corrected chi connectivity index (χ0v) is 15.4. The standard InChI is InChI=1S/C15H21BrN2O3S/c1-15(2,3)21-14(20)18-7-6-10(9-18)8-17-13(19)11-4-5-12(16)22-11/h4-5,10H,6-9H2,1-3H3,(H,17,19)/t10-/m1/s1. The molecule has 0 radical (unpaired) electrons. The highest BCUT2D eigenvalue weighted by atomic mass is 79.9. The Kier molecular flexibility index (Phi) is 5.50. The molecule has 22 heavy (non-hydrogen) atoms. The van der Waals surface area contributed by atoms with Gasteiger partial charge in [-0.05, 0) is 61.2 Å². The largest absolute Gasteiger partial charge is 0.444 e. The highest BCUT2D eigenvalue weighted by Crippen LogP contribution is 2.22. The molecule has 2 amide bonds. The van der Waals surface area contributed by atoms with Crippen LogP contribution in [0.1, 0.15) is 36.9 Å². The fourth-order valence-corrected chi connectivity index (χ4v) is 3.55. The van der Waals surface area contributed by atoms with Gasteiger partial charge in [0, 0.05) is 19.6 Å². The summed E-state index contributed by atoms with van der Waals surface area (Å²) in [7, 11) is 0. The third kappa shape index (κ3) is 4.98. The van der Waals surface area contributed by atoms with E-state index in [1.54, 1.807) is 11.0 Å². The molecule has 2 rings (SSSR count). The van der Waals surface area contributed by atoms with Crippen LogP contribution in [0.3, 0.4) is 0 Å². The summed E-state index contributed by atoms with van der Waals surface area (Å²) in [4.78, 5) is 26.4. The molecule has 0 spiro atoms. The first-order valence-electron chi connectivity index (χ1n) is 7.26. The molecule has 1 aromatic heterocycles. The van der Waals surface area contributed by atoms with Gasteiger partial charge in [0.1, 0.15) is 5.60 Å². The van der Waals surface area contributed by atoms with Crippen molar-refractivity contribution in [3.63, 3.8) is 0 Å². The van der Waals surface area contributed by atoms with Crippen LogP contribution < -0.4 is 5.32 Å². The molecule has 0 aliphatic carbocycles. The second-order valence-corrected chi connectivity index (χ2v) is 8.86. The summed E-state index contributed by atoms with van der Waals surface area (Å²) in [6.07, 6.45) is 0.608. The molecular formula is C15H21BrN2O3S. The Labute approximate surface area is 143 Å². The van der Waals surface area contributed by atoms with Crippen molar-refractivity contribution in [2.24, 2.45) is 5.92 Å². The number of carbonyl (C=O) groups is 2. The van der Waals surface area contributed by atoms with E-state index in [0.717, 1.165) is 10.2 Å². The fraction of sp³-hybridized carbons (Fsp3) is 0.600. The topological polar surface area (TPSA) is 58.6 Å². The van der Waals surface area contributed by atoms with Gasteiger partial charge in [0.25, 0.3) is 5.91 Å². The van der Waals surface area contributed by atoms with E-state index < -0.39 is 5.60 Å². The van der Waals surface area contributed by atoms with Crippen molar-refractivity contribution in [1.82, 2.24) is 10.2 Å². The van der Waals surface area contributed by atoms with Crippen LogP contribution in [0.15, 0.2) is 15.9 Å². The number of halogens is 1. The SMILES string of the molecule is CC(C)(C)OC(=O)N1CC[C@H](CNC(=O)c2ccc(Br)s2)C1. The molecule has 5 nitrogen and oxygen atoms in total. The zero-order chi connectivity index (χ0) is 16.3. The highest BCUT2D eigenvalue weighted by Gasteiger charge is 2.29. The third-order valence-corrected chi connectivity index (χ3v) is 4.91. The molecule has 0 unspecified atom stereocenters. The molecular weight excluding hydrogens is 368 g/mol. The first-order valence-corrected chi connectivity index (χ1v) is 8.87. The fourth-order valence-electron chi connectivity index (χ4n) is 2.25. The lowest BCUT2D eigenvalue weighted by molar-refractivity contribution is 0.0288. The summed E-state index contributed by atoms with van der Waals surface area (Å²) in [5.41, 5.74) is -0.476. The minimum absolute atomic E-state index is 0.0635. The van der Waals surface area contributed by atoms with E-state index in [0.29, 0.717) is 24.5 Å². The van der Waals surface area contributed by atoms with Crippen LogP contribution in [0.25, 0.3) is 0 Å². The molecule has 1 atom stereocenters. The van der Waals surface area contributed by atoms with Gasteiger partial charge in [0.15, 0.2) is 0 Å². The van der Waals surface area contributed by atoms with E-state index in [4.69, 9.17) is 4.74 Å². The monoisotopic (exact) mass is 388 g/mol. The zero-order valence-electron chi connectivity index (χ0n) is 13.0. The van der Waals surface area contributed by atoms with Crippen LogP contribution in [0, 0.1) is 5.92 Å². The van der Waals surface area contributed by atoms with Crippen LogP contribution in [0.4, 0.5) is 4.79 Å². The number of nitrogens with one attached hydrogen (secondary N) is 1. The number of hydrogen-bond donors (Lipinski definition) is 1. The average molecular weight is 389 g/mol. The molecule has 1 saturated heterocycles. The molecule has 2 heterocycles. The third-order valence-electron chi connectivity index (χ3n) is 3.29. The van der Waals surface area contributed by atoms with Crippen LogP contribution in [0.5, 0.6) is 0 Å². The Morgan fingerprint density at radius 3 is 2.77 bits per heavy atom. The maximum absolute atomic E-state index is 12.0. The molecule has 1 aliphatic rings. The molecule has 122 valence electrons. The van der Waals surface area contributed by atoms with Crippen molar-refractivity contribution in [3.05, 3.63) is 20.8 Å². The number of likely N-dealkylation sites (tertiary alicyclic amines) is 1. The van der Waals surface area contributed by atoms with Crippen molar-refractivity contribution in [3.8, 4) is 0 Å². The number of nitrogens with zero attached hydrogens (tertiary/aromatic N) is 1. The van der Waals surface area contributed by atoms with Crippen molar-refractivity contribution in [2.45, 2.75) is 32.8 Å². The van der Waals surface area contributed by atoms with Gasteiger partial charge in [-0.25, -0.2) is 4.79 Å². The quantitative estimate of drug-likeness (QED) is 0.861. The van der Waals surface area contributed by atoms with Crippen LogP contribution >= 0.6 is 27.3 Å². The normalized spacial score (nSPS) is 18.4. The second-order valence-electron chi connectivity index (χ2n) is 6.39. The molecule has 0 aromatic carbocycles. The Hall–Kier alpha value is -1.08. The lowest BCUT2D eigenvalue weighted by atomic mass is 10.1. The molecule has 1 N–H and O–H groups in total. The average Bonchev–Trinajstić information content (AvgIpc) is 3.02. The van der Waals surface area contributed by atoms with E-state index in [2.05, 4.69) is 21.2 Å². The van der Waals surface area contributed by atoms with E-state index in [9.17, 15) is 9.59 Å². The maximum atomic E-state index is 12.0. The van der Waals surface area contributed by atoms with Crippen molar-refractivity contribution in [2.75, 3.05) is 19.6 Å². The number of carbonyl (C=O) groups excluding carboxylic acids is 2. The predicted octanol–water partition coefficient (Wildman–Crippen LogP) is 3.50. The number of hydrogen-bond acceptors (Lipinski definition) is 4. The Balaban J connectivity index is 1.77. The summed E-state index contributed by atoms with van der Waals surface area (Å²) in [5, 5.41) is 2.93. The lowest BCUT2D eigenvalue weighted by Crippen LogP contribution is -2.36. The van der Waals surface area contributed by atoms with E-state index in [1.807, 2.05) is 26.8 Å². The number of thiophene rings is 1. The van der Waals surface area contributed by atoms with Crippen molar-refractivity contribution < 1.29 is 14.3 Å². The molecule has 0 saturated carbocycles.